The summed E-state index contributed by atoms with van der Waals surface area (Å²) in [7, 11) is 0. The topological polar surface area (TPSA) is 109 Å². The normalized spacial score (nSPS) is 18.5. The average molecular weight is 511 g/mol. The average Bonchev–Trinajstić information content (AvgIpc) is 3.16. The van der Waals surface area contributed by atoms with Crippen LogP contribution in [0.25, 0.3) is 5.76 Å². The Morgan fingerprint density at radius 2 is 1.78 bits per heavy atom. The summed E-state index contributed by atoms with van der Waals surface area (Å²) in [5.41, 5.74) is 0.888. The number of carbonyl (C=O) groups is 2. The highest BCUT2D eigenvalue weighted by Gasteiger charge is 2.46. The van der Waals surface area contributed by atoms with Crippen molar-refractivity contribution in [1.82, 2.24) is 9.80 Å². The molecule has 2 aliphatic heterocycles. The fraction of sp³-hybridized carbons (Fsp3) is 0.429. The van der Waals surface area contributed by atoms with Gasteiger partial charge in [0, 0.05) is 12.1 Å². The lowest BCUT2D eigenvalue weighted by molar-refractivity contribution is -0.140. The van der Waals surface area contributed by atoms with E-state index in [2.05, 4.69) is 18.7 Å². The number of carbonyl (C=O) groups excluding carboxylic acids is 2. The maximum Gasteiger partial charge on any atom is 0.295 e. The van der Waals surface area contributed by atoms with Crippen molar-refractivity contribution in [1.29, 1.82) is 0 Å². The van der Waals surface area contributed by atoms with Gasteiger partial charge in [0.15, 0.2) is 23.0 Å². The number of phenols is 1. The van der Waals surface area contributed by atoms with Gasteiger partial charge < -0.3 is 34.2 Å². The lowest BCUT2D eigenvalue weighted by Crippen LogP contribution is -2.33. The molecule has 37 heavy (non-hydrogen) atoms. The molecule has 0 spiro atoms. The Kier molecular flexibility index (Phi) is 8.23. The highest BCUT2D eigenvalue weighted by Crippen LogP contribution is 2.43. The van der Waals surface area contributed by atoms with Crippen LogP contribution in [-0.2, 0) is 9.59 Å². The van der Waals surface area contributed by atoms with Crippen LogP contribution in [0.2, 0.25) is 0 Å². The summed E-state index contributed by atoms with van der Waals surface area (Å²) in [6, 6.07) is 8.80. The summed E-state index contributed by atoms with van der Waals surface area (Å²) in [5, 5.41) is 21.6. The van der Waals surface area contributed by atoms with Gasteiger partial charge in [-0.1, -0.05) is 19.9 Å². The third kappa shape index (κ3) is 5.36. The maximum atomic E-state index is 13.3. The minimum atomic E-state index is -0.843. The fourth-order valence-electron chi connectivity index (χ4n) is 4.78. The quantitative estimate of drug-likeness (QED) is 0.283. The van der Waals surface area contributed by atoms with E-state index in [-0.39, 0.29) is 22.8 Å². The van der Waals surface area contributed by atoms with E-state index in [1.54, 1.807) is 37.3 Å². The zero-order valence-electron chi connectivity index (χ0n) is 21.5. The van der Waals surface area contributed by atoms with Crippen molar-refractivity contribution in [3.05, 3.63) is 53.1 Å². The number of aromatic hydroxyl groups is 1. The van der Waals surface area contributed by atoms with E-state index in [1.165, 1.54) is 11.0 Å². The molecule has 2 aromatic carbocycles. The molecule has 2 heterocycles. The second-order valence-corrected chi connectivity index (χ2v) is 8.89. The van der Waals surface area contributed by atoms with Gasteiger partial charge in [-0.05, 0) is 68.9 Å². The minimum Gasteiger partial charge on any atom is -0.507 e. The zero-order valence-corrected chi connectivity index (χ0v) is 21.5. The molecule has 1 atom stereocenters. The number of ketones is 1. The van der Waals surface area contributed by atoms with Crippen molar-refractivity contribution in [3.63, 3.8) is 0 Å². The Labute approximate surface area is 216 Å². The predicted molar refractivity (Wildman–Crippen MR) is 138 cm³/mol. The van der Waals surface area contributed by atoms with Crippen molar-refractivity contribution >= 4 is 17.4 Å². The van der Waals surface area contributed by atoms with Crippen molar-refractivity contribution in [2.24, 2.45) is 0 Å². The van der Waals surface area contributed by atoms with Crippen LogP contribution >= 0.6 is 0 Å². The predicted octanol–water partition coefficient (Wildman–Crippen LogP) is 3.72. The maximum absolute atomic E-state index is 13.3. The third-order valence-electron chi connectivity index (χ3n) is 6.72. The minimum absolute atomic E-state index is 0.0161. The number of benzene rings is 2. The monoisotopic (exact) mass is 510 g/mol. The Hall–Kier alpha value is -3.72. The first-order valence-corrected chi connectivity index (χ1v) is 12.8. The Morgan fingerprint density at radius 3 is 2.49 bits per heavy atom. The molecule has 0 radical (unpaired) electrons. The summed E-state index contributed by atoms with van der Waals surface area (Å²) in [6.45, 7) is 9.97. The molecule has 0 aromatic heterocycles. The first-order valence-electron chi connectivity index (χ1n) is 12.8. The van der Waals surface area contributed by atoms with Gasteiger partial charge in [0.05, 0.1) is 18.2 Å². The van der Waals surface area contributed by atoms with E-state index in [0.29, 0.717) is 55.4 Å². The molecule has 2 aliphatic rings. The first kappa shape index (κ1) is 26.3. The van der Waals surface area contributed by atoms with Gasteiger partial charge in [0.25, 0.3) is 11.7 Å². The van der Waals surface area contributed by atoms with Crippen LogP contribution in [0.3, 0.4) is 0 Å². The number of fused-ring (bicyclic) bond motifs is 1. The molecule has 4 rings (SSSR count). The highest BCUT2D eigenvalue weighted by atomic mass is 16.6. The molecule has 0 saturated carbocycles. The standard InChI is InChI=1S/C28H34N2O7/c1-4-29(5-2)12-7-13-30-25(18-8-10-20(31)22(16-18)35-6-3)24(27(33)28(30)34)26(32)19-9-11-21-23(17-19)37-15-14-36-21/h8-11,16-17,25,31-32H,4-7,12-15H2,1-3H3/t25-/m0/s1. The highest BCUT2D eigenvalue weighted by molar-refractivity contribution is 6.46. The van der Waals surface area contributed by atoms with E-state index in [4.69, 9.17) is 14.2 Å². The lowest BCUT2D eigenvalue weighted by Gasteiger charge is -2.27. The van der Waals surface area contributed by atoms with Gasteiger partial charge >= 0.3 is 0 Å². The van der Waals surface area contributed by atoms with Crippen molar-refractivity contribution in [3.8, 4) is 23.0 Å². The van der Waals surface area contributed by atoms with Crippen molar-refractivity contribution in [2.45, 2.75) is 33.2 Å². The molecule has 1 saturated heterocycles. The summed E-state index contributed by atoms with van der Waals surface area (Å²) in [4.78, 5) is 30.3. The number of hydrogen-bond donors (Lipinski definition) is 2. The van der Waals surface area contributed by atoms with E-state index in [0.717, 1.165) is 19.6 Å². The number of ether oxygens (including phenoxy) is 3. The third-order valence-corrected chi connectivity index (χ3v) is 6.72. The number of Topliss-reactive ketones (excluding diaryl/α,β-unsaturated/α-hetero) is 1. The molecule has 0 unspecified atom stereocenters. The lowest BCUT2D eigenvalue weighted by atomic mass is 9.94. The van der Waals surface area contributed by atoms with E-state index in [1.807, 2.05) is 0 Å². The van der Waals surface area contributed by atoms with Gasteiger partial charge in [-0.25, -0.2) is 0 Å². The van der Waals surface area contributed by atoms with E-state index < -0.39 is 17.7 Å². The van der Waals surface area contributed by atoms with Gasteiger partial charge in [0.2, 0.25) is 0 Å². The van der Waals surface area contributed by atoms with Gasteiger partial charge in [0.1, 0.15) is 19.0 Å². The molecule has 2 aromatic rings. The van der Waals surface area contributed by atoms with Crippen molar-refractivity contribution in [2.75, 3.05) is 46.0 Å². The van der Waals surface area contributed by atoms with Gasteiger partial charge in [-0.3, -0.25) is 9.59 Å². The Balaban J connectivity index is 1.77. The van der Waals surface area contributed by atoms with E-state index >= 15 is 0 Å². The van der Waals surface area contributed by atoms with Crippen LogP contribution in [0.4, 0.5) is 0 Å². The first-order chi connectivity index (χ1) is 17.9. The molecule has 1 fully saturated rings. The molecule has 0 bridgehead atoms. The van der Waals surface area contributed by atoms with Crippen LogP contribution in [0.1, 0.15) is 44.4 Å². The number of hydrogen-bond acceptors (Lipinski definition) is 8. The second-order valence-electron chi connectivity index (χ2n) is 8.89. The Morgan fingerprint density at radius 1 is 1.05 bits per heavy atom. The largest absolute Gasteiger partial charge is 0.507 e. The zero-order chi connectivity index (χ0) is 26.5. The van der Waals surface area contributed by atoms with Crippen LogP contribution in [-0.4, -0.2) is 77.7 Å². The number of amides is 1. The molecule has 1 amide bonds. The SMILES string of the molecule is CCOc1cc([C@H]2C(=C(O)c3ccc4c(c3)OCCO4)C(=O)C(=O)N2CCCN(CC)CC)ccc1O. The van der Waals surface area contributed by atoms with E-state index in [9.17, 15) is 19.8 Å². The van der Waals surface area contributed by atoms with Crippen LogP contribution in [0.5, 0.6) is 23.0 Å². The second kappa shape index (κ2) is 11.6. The summed E-state index contributed by atoms with van der Waals surface area (Å²) < 4.78 is 16.8. The number of aliphatic hydroxyl groups excluding tert-OH is 1. The smallest absolute Gasteiger partial charge is 0.295 e. The number of likely N-dealkylation sites (tertiary alicyclic amines) is 1. The Bertz CT molecular complexity index is 1190. The fourth-order valence-corrected chi connectivity index (χ4v) is 4.78. The number of rotatable bonds is 10. The number of nitrogens with zero attached hydrogens (tertiary/aromatic N) is 2. The van der Waals surface area contributed by atoms with Gasteiger partial charge in [-0.2, -0.15) is 0 Å². The molecular weight excluding hydrogens is 476 g/mol. The summed E-state index contributed by atoms with van der Waals surface area (Å²) in [6.07, 6.45) is 0.658. The van der Waals surface area contributed by atoms with Crippen LogP contribution < -0.4 is 14.2 Å². The molecule has 198 valence electrons. The molecule has 9 heteroatoms. The van der Waals surface area contributed by atoms with Gasteiger partial charge in [-0.15, -0.1) is 0 Å². The molecular formula is C28H34N2O7. The van der Waals surface area contributed by atoms with Crippen molar-refractivity contribution < 1.29 is 34.0 Å². The molecule has 2 N–H and O–H groups in total. The van der Waals surface area contributed by atoms with Crippen LogP contribution in [0.15, 0.2) is 42.0 Å². The summed E-state index contributed by atoms with van der Waals surface area (Å²) in [5.74, 6) is -0.512. The summed E-state index contributed by atoms with van der Waals surface area (Å²) >= 11 is 0. The number of aliphatic hydroxyl groups is 1. The molecule has 9 nitrogen and oxygen atoms in total. The number of phenolic OH excluding ortho intramolecular Hbond substituents is 1. The molecule has 0 aliphatic carbocycles. The van der Waals surface area contributed by atoms with Crippen LogP contribution in [0, 0.1) is 0 Å².